The fourth-order valence-electron chi connectivity index (χ4n) is 3.48. The number of hydrogen-bond acceptors (Lipinski definition) is 7. The number of halogens is 3. The van der Waals surface area contributed by atoms with Gasteiger partial charge in [-0.15, -0.1) is 0 Å². The number of nitrogens with one attached hydrogen (secondary N) is 1. The Hall–Kier alpha value is -3.44. The average Bonchev–Trinajstić information content (AvgIpc) is 2.74. The molecule has 0 aliphatic carbocycles. The summed E-state index contributed by atoms with van der Waals surface area (Å²) >= 11 is 0. The van der Waals surface area contributed by atoms with E-state index in [1.165, 1.54) is 13.0 Å². The van der Waals surface area contributed by atoms with E-state index in [1.807, 2.05) is 4.90 Å². The molecule has 2 aromatic heterocycles. The summed E-state index contributed by atoms with van der Waals surface area (Å²) in [5, 5.41) is 20.9. The molecule has 0 atom stereocenters. The topological polar surface area (TPSA) is 129 Å². The summed E-state index contributed by atoms with van der Waals surface area (Å²) in [4.78, 5) is 37.0. The zero-order chi connectivity index (χ0) is 23.5. The van der Waals surface area contributed by atoms with Crippen LogP contribution in [0.15, 0.2) is 18.3 Å². The maximum atomic E-state index is 12.7. The highest BCUT2D eigenvalue weighted by atomic mass is 19.4. The van der Waals surface area contributed by atoms with Crippen LogP contribution in [0.1, 0.15) is 40.4 Å². The summed E-state index contributed by atoms with van der Waals surface area (Å²) in [5.41, 5.74) is -0.860. The van der Waals surface area contributed by atoms with E-state index in [1.54, 1.807) is 0 Å². The Morgan fingerprint density at radius 2 is 1.91 bits per heavy atom. The van der Waals surface area contributed by atoms with E-state index in [-0.39, 0.29) is 17.3 Å². The van der Waals surface area contributed by atoms with Crippen LogP contribution in [0, 0.1) is 12.8 Å². The fourth-order valence-corrected chi connectivity index (χ4v) is 3.48. The lowest BCUT2D eigenvalue weighted by molar-refractivity contribution is -0.138. The van der Waals surface area contributed by atoms with Crippen molar-refractivity contribution in [3.05, 3.63) is 41.1 Å². The number of aryl methyl sites for hydroxylation is 1. The summed E-state index contributed by atoms with van der Waals surface area (Å²) in [6.07, 6.45) is -1.73. The minimum absolute atomic E-state index is 0.166. The fraction of sp³-hybridized carbons (Fsp3) is 0.450. The summed E-state index contributed by atoms with van der Waals surface area (Å²) in [6, 6.07) is 2.37. The van der Waals surface area contributed by atoms with Crippen LogP contribution in [0.25, 0.3) is 0 Å². The van der Waals surface area contributed by atoms with Gasteiger partial charge in [-0.25, -0.2) is 15.0 Å². The summed E-state index contributed by atoms with van der Waals surface area (Å²) in [5.74, 6) is -1.44. The van der Waals surface area contributed by atoms with Crippen molar-refractivity contribution in [1.82, 2.24) is 20.3 Å². The van der Waals surface area contributed by atoms with Gasteiger partial charge in [-0.05, 0) is 37.8 Å². The Kier molecular flexibility index (Phi) is 6.80. The van der Waals surface area contributed by atoms with Gasteiger partial charge in [0.2, 0.25) is 0 Å². The highest BCUT2D eigenvalue weighted by Crippen LogP contribution is 2.30. The van der Waals surface area contributed by atoms with Crippen LogP contribution in [-0.4, -0.2) is 56.7 Å². The number of anilines is 1. The third kappa shape index (κ3) is 5.62. The van der Waals surface area contributed by atoms with E-state index in [2.05, 4.69) is 20.3 Å². The third-order valence-electron chi connectivity index (χ3n) is 5.20. The Bertz CT molecular complexity index is 990. The molecule has 1 amide bonds. The highest BCUT2D eigenvalue weighted by molar-refractivity contribution is 5.96. The van der Waals surface area contributed by atoms with Crippen molar-refractivity contribution in [1.29, 1.82) is 0 Å². The molecule has 3 rings (SSSR count). The van der Waals surface area contributed by atoms with Crippen LogP contribution in [0.5, 0.6) is 5.75 Å². The zero-order valence-electron chi connectivity index (χ0n) is 17.2. The molecule has 1 aliphatic heterocycles. The lowest BCUT2D eigenvalue weighted by Crippen LogP contribution is -2.35. The van der Waals surface area contributed by atoms with Gasteiger partial charge < -0.3 is 20.4 Å². The van der Waals surface area contributed by atoms with Gasteiger partial charge in [-0.3, -0.25) is 9.59 Å². The molecule has 1 aliphatic rings. The molecule has 9 nitrogen and oxygen atoms in total. The van der Waals surface area contributed by atoms with Crippen LogP contribution in [0.4, 0.5) is 19.0 Å². The zero-order valence-corrected chi connectivity index (χ0v) is 17.2. The van der Waals surface area contributed by atoms with Gasteiger partial charge in [0.05, 0.1) is 11.3 Å². The van der Waals surface area contributed by atoms with Crippen LogP contribution in [-0.2, 0) is 17.4 Å². The first-order valence-electron chi connectivity index (χ1n) is 9.89. The molecule has 0 spiro atoms. The predicted molar refractivity (Wildman–Crippen MR) is 106 cm³/mol. The lowest BCUT2D eigenvalue weighted by Gasteiger charge is -2.32. The minimum Gasteiger partial charge on any atom is -0.504 e. The lowest BCUT2D eigenvalue weighted by atomic mass is 9.93. The summed E-state index contributed by atoms with van der Waals surface area (Å²) < 4.78 is 38.1. The van der Waals surface area contributed by atoms with Crippen molar-refractivity contribution in [3.63, 3.8) is 0 Å². The Labute approximate surface area is 181 Å². The van der Waals surface area contributed by atoms with Crippen molar-refractivity contribution in [2.75, 3.05) is 24.5 Å². The maximum Gasteiger partial charge on any atom is 0.417 e. The van der Waals surface area contributed by atoms with E-state index in [0.717, 1.165) is 12.3 Å². The quantitative estimate of drug-likeness (QED) is 0.607. The molecule has 0 unspecified atom stereocenters. The number of aromatic nitrogens is 3. The van der Waals surface area contributed by atoms with Gasteiger partial charge in [0, 0.05) is 25.7 Å². The number of hydrogen-bond donors (Lipinski definition) is 3. The maximum absolute atomic E-state index is 12.7. The highest BCUT2D eigenvalue weighted by Gasteiger charge is 2.31. The number of carbonyl (C=O) groups excluding carboxylic acids is 1. The number of aromatic hydroxyl groups is 1. The number of rotatable bonds is 6. The van der Waals surface area contributed by atoms with Crippen molar-refractivity contribution in [2.24, 2.45) is 5.92 Å². The number of carboxylic acid groups (broad SMARTS) is 1. The molecule has 32 heavy (non-hydrogen) atoms. The van der Waals surface area contributed by atoms with Gasteiger partial charge in [-0.2, -0.15) is 13.2 Å². The third-order valence-corrected chi connectivity index (χ3v) is 5.20. The van der Waals surface area contributed by atoms with E-state index < -0.39 is 35.9 Å². The number of amides is 1. The molecule has 0 saturated carbocycles. The van der Waals surface area contributed by atoms with E-state index in [0.29, 0.717) is 44.0 Å². The SMILES string of the molecule is Cc1nc(CC2CCN(c3ccc(C(F)(F)F)cn3)CC2)nc(C(=O)NCC(=O)O)c1O. The molecule has 0 bridgehead atoms. The molecular weight excluding hydrogens is 431 g/mol. The van der Waals surface area contributed by atoms with Crippen molar-refractivity contribution in [3.8, 4) is 5.75 Å². The van der Waals surface area contributed by atoms with Gasteiger partial charge in [0.25, 0.3) is 5.91 Å². The smallest absolute Gasteiger partial charge is 0.417 e. The average molecular weight is 453 g/mol. The second kappa shape index (κ2) is 9.37. The monoisotopic (exact) mass is 453 g/mol. The molecule has 172 valence electrons. The number of pyridine rings is 1. The second-order valence-corrected chi connectivity index (χ2v) is 7.54. The molecule has 3 N–H and O–H groups in total. The predicted octanol–water partition coefficient (Wildman–Crippen LogP) is 2.18. The molecular formula is C20H22F3N5O4. The molecule has 2 aromatic rings. The number of carbonyl (C=O) groups is 2. The van der Waals surface area contributed by atoms with Gasteiger partial charge in [0.15, 0.2) is 11.4 Å². The minimum atomic E-state index is -4.43. The number of aliphatic carboxylic acids is 1. The first-order chi connectivity index (χ1) is 15.0. The van der Waals surface area contributed by atoms with Crippen molar-refractivity contribution in [2.45, 2.75) is 32.4 Å². The van der Waals surface area contributed by atoms with Crippen molar-refractivity contribution >= 4 is 17.7 Å². The van der Waals surface area contributed by atoms with E-state index in [9.17, 15) is 27.9 Å². The molecule has 1 fully saturated rings. The van der Waals surface area contributed by atoms with Gasteiger partial charge >= 0.3 is 12.1 Å². The van der Waals surface area contributed by atoms with Crippen LogP contribution in [0.2, 0.25) is 0 Å². The molecule has 0 radical (unpaired) electrons. The number of alkyl halides is 3. The number of nitrogens with zero attached hydrogens (tertiary/aromatic N) is 4. The normalized spacial score (nSPS) is 14.9. The van der Waals surface area contributed by atoms with Crippen LogP contribution in [0.3, 0.4) is 0 Å². The molecule has 1 saturated heterocycles. The Morgan fingerprint density at radius 1 is 1.22 bits per heavy atom. The summed E-state index contributed by atoms with van der Waals surface area (Å²) in [7, 11) is 0. The Balaban J connectivity index is 1.62. The van der Waals surface area contributed by atoms with E-state index in [4.69, 9.17) is 5.11 Å². The van der Waals surface area contributed by atoms with Gasteiger partial charge in [0.1, 0.15) is 18.2 Å². The van der Waals surface area contributed by atoms with Crippen molar-refractivity contribution < 1.29 is 33.0 Å². The first kappa shape index (κ1) is 23.2. The second-order valence-electron chi connectivity index (χ2n) is 7.54. The van der Waals surface area contributed by atoms with Gasteiger partial charge in [-0.1, -0.05) is 0 Å². The molecule has 3 heterocycles. The van der Waals surface area contributed by atoms with Crippen LogP contribution < -0.4 is 10.2 Å². The molecule has 0 aromatic carbocycles. The molecule has 12 heteroatoms. The first-order valence-corrected chi connectivity index (χ1v) is 9.89. The van der Waals surface area contributed by atoms with Crippen LogP contribution >= 0.6 is 0 Å². The standard InChI is InChI=1S/C20H22F3N5O4/c1-11-18(31)17(19(32)25-10-16(29)30)27-14(26-11)8-12-4-6-28(7-5-12)15-3-2-13(9-24-15)20(21,22)23/h2-3,9,12,31H,4-8,10H2,1H3,(H,25,32)(H,29,30). The Morgan fingerprint density at radius 3 is 2.47 bits per heavy atom. The van der Waals surface area contributed by atoms with E-state index >= 15 is 0 Å². The number of carboxylic acids is 1. The number of piperidine rings is 1. The summed E-state index contributed by atoms with van der Waals surface area (Å²) in [6.45, 7) is 2.10. The largest absolute Gasteiger partial charge is 0.504 e.